The third-order valence-corrected chi connectivity index (χ3v) is 3.60. The maximum atomic E-state index is 10.2. The summed E-state index contributed by atoms with van der Waals surface area (Å²) in [5.74, 6) is -3.42. The van der Waals surface area contributed by atoms with Gasteiger partial charge in [0.2, 0.25) is 5.79 Å². The molecule has 0 saturated carbocycles. The smallest absolute Gasteiger partial charge is 0.224 e. The Kier molecular flexibility index (Phi) is 3.76. The van der Waals surface area contributed by atoms with E-state index in [0.29, 0.717) is 0 Å². The molecule has 0 amide bonds. The van der Waals surface area contributed by atoms with Crippen molar-refractivity contribution in [2.24, 2.45) is 0 Å². The summed E-state index contributed by atoms with van der Waals surface area (Å²) in [5, 5.41) is 78.5. The van der Waals surface area contributed by atoms with E-state index in [9.17, 15) is 40.9 Å². The molecule has 2 fully saturated rings. The molecule has 23 heavy (non-hydrogen) atoms. The lowest BCUT2D eigenvalue weighted by Crippen LogP contribution is -2.62. The Morgan fingerprint density at radius 2 is 1.48 bits per heavy atom. The van der Waals surface area contributed by atoms with Crippen LogP contribution in [0.4, 0.5) is 0 Å². The van der Waals surface area contributed by atoms with Crippen LogP contribution < -0.4 is 0 Å². The molecule has 0 spiro atoms. The monoisotopic (exact) mass is 348 g/mol. The van der Waals surface area contributed by atoms with E-state index in [2.05, 4.69) is 0 Å². The molecule has 2 aliphatic rings. The summed E-state index contributed by atoms with van der Waals surface area (Å²) < 4.78 is 58.2. The first-order valence-electron chi connectivity index (χ1n) is 9.43. The first-order valence-corrected chi connectivity index (χ1v) is 6.43. The van der Waals surface area contributed by atoms with Crippen LogP contribution in [0.5, 0.6) is 0 Å². The molecule has 2 saturated heterocycles. The predicted octanol–water partition coefficient (Wildman–Crippen LogP) is -5.40. The minimum Gasteiger partial charge on any atom is -0.394 e. The minimum absolute atomic E-state index is 2.19. The Morgan fingerprint density at radius 1 is 0.870 bits per heavy atom. The van der Waals surface area contributed by atoms with Gasteiger partial charge in [-0.05, 0) is 0 Å². The molecule has 0 bridgehead atoms. The average Bonchev–Trinajstić information content (AvgIpc) is 2.79. The zero-order valence-corrected chi connectivity index (χ0v) is 11.4. The van der Waals surface area contributed by atoms with Gasteiger partial charge in [0.15, 0.2) is 6.29 Å². The summed E-state index contributed by atoms with van der Waals surface area (Å²) in [4.78, 5) is 0. The molecule has 136 valence electrons. The van der Waals surface area contributed by atoms with Crippen LogP contribution in [0.3, 0.4) is 0 Å². The van der Waals surface area contributed by atoms with Crippen LogP contribution >= 0.6 is 0 Å². The Balaban J connectivity index is 2.43. The van der Waals surface area contributed by atoms with Crippen molar-refractivity contribution in [1.82, 2.24) is 0 Å². The summed E-state index contributed by atoms with van der Waals surface area (Å²) in [6, 6.07) is 0. The maximum absolute atomic E-state index is 10.2. The number of hydrogen-bond acceptors (Lipinski definition) is 11. The zero-order chi connectivity index (χ0) is 22.7. The van der Waals surface area contributed by atoms with Crippen molar-refractivity contribution in [2.75, 3.05) is 19.7 Å². The number of aliphatic hydroxyl groups is 8. The second-order valence-corrected chi connectivity index (χ2v) is 5.03. The van der Waals surface area contributed by atoms with Gasteiger partial charge in [0.05, 0.1) is 21.3 Å². The summed E-state index contributed by atoms with van der Waals surface area (Å²) in [6.45, 7) is -10.4. The van der Waals surface area contributed by atoms with Crippen LogP contribution in [0.25, 0.3) is 0 Å². The van der Waals surface area contributed by atoms with E-state index in [4.69, 9.17) is 22.4 Å². The lowest BCUT2D eigenvalue weighted by Gasteiger charge is -2.43. The fourth-order valence-electron chi connectivity index (χ4n) is 2.26. The number of hydrogen-bond donors (Lipinski definition) is 8. The Labute approximate surface area is 139 Å². The molecular formula is C12H22O11. The van der Waals surface area contributed by atoms with E-state index in [0.717, 1.165) is 0 Å². The molecule has 0 unspecified atom stereocenters. The van der Waals surface area contributed by atoms with Crippen molar-refractivity contribution in [3.63, 3.8) is 0 Å². The van der Waals surface area contributed by atoms with Gasteiger partial charge in [-0.15, -0.1) is 0 Å². The highest BCUT2D eigenvalue weighted by Gasteiger charge is 2.58. The molecule has 11 heteroatoms. The molecule has 0 aromatic rings. The van der Waals surface area contributed by atoms with E-state index < -0.39 is 74.5 Å². The third kappa shape index (κ3) is 3.23. The Morgan fingerprint density at radius 3 is 1.96 bits per heavy atom. The van der Waals surface area contributed by atoms with Gasteiger partial charge in [-0.2, -0.15) is 0 Å². The van der Waals surface area contributed by atoms with E-state index in [1.807, 2.05) is 0 Å². The average molecular weight is 348 g/mol. The maximum Gasteiger partial charge on any atom is 0.224 e. The van der Waals surface area contributed by atoms with Crippen LogP contribution in [0, 0.1) is 0 Å². The van der Waals surface area contributed by atoms with Crippen LogP contribution in [0.2, 0.25) is 0 Å². The van der Waals surface area contributed by atoms with Gasteiger partial charge < -0.3 is 55.1 Å². The van der Waals surface area contributed by atoms with Crippen LogP contribution in [0.1, 0.15) is 8.22 Å². The third-order valence-electron chi connectivity index (χ3n) is 3.60. The highest BCUT2D eigenvalue weighted by atomic mass is 16.8. The van der Waals surface area contributed by atoms with Crippen molar-refractivity contribution >= 4 is 0 Å². The predicted molar refractivity (Wildman–Crippen MR) is 68.6 cm³/mol. The fraction of sp³-hybridized carbons (Fsp3) is 1.00. The second-order valence-electron chi connectivity index (χ2n) is 5.03. The summed E-state index contributed by atoms with van der Waals surface area (Å²) in [7, 11) is 0. The van der Waals surface area contributed by atoms with Gasteiger partial charge in [-0.1, -0.05) is 0 Å². The molecule has 2 rings (SSSR count). The van der Waals surface area contributed by atoms with Crippen molar-refractivity contribution in [3.8, 4) is 0 Å². The van der Waals surface area contributed by atoms with Crippen molar-refractivity contribution in [1.29, 1.82) is 0 Å². The lowest BCUT2D eigenvalue weighted by atomic mass is 9.99. The van der Waals surface area contributed by atoms with Crippen molar-refractivity contribution in [2.45, 2.75) is 54.8 Å². The molecule has 0 aromatic heterocycles. The largest absolute Gasteiger partial charge is 0.394 e. The van der Waals surface area contributed by atoms with E-state index in [1.54, 1.807) is 0 Å². The van der Waals surface area contributed by atoms with Crippen molar-refractivity contribution in [3.05, 3.63) is 0 Å². The summed E-state index contributed by atoms with van der Waals surface area (Å²) >= 11 is 0. The van der Waals surface area contributed by atoms with E-state index in [-0.39, 0.29) is 0 Å². The SMILES string of the molecule is [2H]C([2H])(O)[C@H]1O[C@](O[C@H]2O[C@H](C([2H])([2H])O)[C@@H](O)[C@H](O)[C@H]2O)(C([2H])([2H])O)[C@@H](O)[C@@H]1O. The van der Waals surface area contributed by atoms with Gasteiger partial charge in [0.1, 0.15) is 49.3 Å². The molecule has 8 N–H and O–H groups in total. The number of aliphatic hydroxyl groups excluding tert-OH is 5. The zero-order valence-electron chi connectivity index (χ0n) is 17.4. The normalized spacial score (nSPS) is 56.9. The quantitative estimate of drug-likeness (QED) is 0.237. The molecule has 2 heterocycles. The van der Waals surface area contributed by atoms with Crippen LogP contribution in [-0.4, -0.2) is 115 Å². The van der Waals surface area contributed by atoms with Crippen LogP contribution in [-0.2, 0) is 14.2 Å². The number of ether oxygens (including phenoxy) is 3. The van der Waals surface area contributed by atoms with Gasteiger partial charge >= 0.3 is 0 Å². The highest BCUT2D eigenvalue weighted by molar-refractivity contribution is 4.98. The van der Waals surface area contributed by atoms with Gasteiger partial charge in [-0.25, -0.2) is 0 Å². The molecule has 9 atom stereocenters. The standard InChI is InChI=1S/C12H22O11/c13-1-4-6(16)8(18)9(19)11(21-4)23-12(3-15)10(20)7(17)5(2-14)22-12/h4-11,13-20H,1-3H2/t4-,5-,6-,7-,8+,9-,10+,11-,12+/m1/s1/i1D2,2D2,3D2. The minimum atomic E-state index is -3.76. The Hall–Kier alpha value is -0.440. The van der Waals surface area contributed by atoms with E-state index >= 15 is 0 Å². The second kappa shape index (κ2) is 7.21. The first-order chi connectivity index (χ1) is 12.8. The van der Waals surface area contributed by atoms with E-state index in [1.165, 1.54) is 0 Å². The number of rotatable bonds is 5. The first kappa shape index (κ1) is 12.0. The molecule has 0 aliphatic carbocycles. The highest BCUT2D eigenvalue weighted by Crippen LogP contribution is 2.35. The summed E-state index contributed by atoms with van der Waals surface area (Å²) in [5.41, 5.74) is 0. The van der Waals surface area contributed by atoms with Gasteiger partial charge in [0, 0.05) is 0 Å². The summed E-state index contributed by atoms with van der Waals surface area (Å²) in [6.07, 6.45) is -18.7. The molecule has 2 aliphatic heterocycles. The fourth-order valence-corrected chi connectivity index (χ4v) is 2.26. The molecule has 11 nitrogen and oxygen atoms in total. The molecule has 0 radical (unpaired) electrons. The van der Waals surface area contributed by atoms with Gasteiger partial charge in [0.25, 0.3) is 0 Å². The molecule has 0 aromatic carbocycles. The van der Waals surface area contributed by atoms with Gasteiger partial charge in [-0.3, -0.25) is 0 Å². The van der Waals surface area contributed by atoms with Crippen molar-refractivity contribution < 1.29 is 63.3 Å². The lowest BCUT2D eigenvalue weighted by molar-refractivity contribution is -0.383. The topological polar surface area (TPSA) is 190 Å². The van der Waals surface area contributed by atoms with Crippen LogP contribution in [0.15, 0.2) is 0 Å². The Bertz CT molecular complexity index is 594. The molecular weight excluding hydrogens is 320 g/mol.